The molecule has 1 aromatic rings. The summed E-state index contributed by atoms with van der Waals surface area (Å²) in [6, 6.07) is 6.40. The van der Waals surface area contributed by atoms with E-state index in [1.54, 1.807) is 0 Å². The van der Waals surface area contributed by atoms with Crippen LogP contribution in [-0.4, -0.2) is 29.4 Å². The third-order valence-electron chi connectivity index (χ3n) is 3.30. The summed E-state index contributed by atoms with van der Waals surface area (Å²) in [6.07, 6.45) is 0. The highest BCUT2D eigenvalue weighted by molar-refractivity contribution is 8.00. The van der Waals surface area contributed by atoms with Crippen molar-refractivity contribution < 1.29 is 9.90 Å². The molecule has 4 heteroatoms. The zero-order valence-corrected chi connectivity index (χ0v) is 12.8. The van der Waals surface area contributed by atoms with Crippen LogP contribution in [0.2, 0.25) is 0 Å². The van der Waals surface area contributed by atoms with E-state index >= 15 is 0 Å². The molecule has 1 unspecified atom stereocenters. The van der Waals surface area contributed by atoms with Crippen molar-refractivity contribution in [2.45, 2.75) is 43.3 Å². The predicted molar refractivity (Wildman–Crippen MR) is 80.3 cm³/mol. The van der Waals surface area contributed by atoms with E-state index in [-0.39, 0.29) is 12.0 Å². The minimum atomic E-state index is -0.773. The summed E-state index contributed by atoms with van der Waals surface area (Å²) in [6.45, 7) is 9.60. The quantitative estimate of drug-likeness (QED) is 0.901. The van der Waals surface area contributed by atoms with E-state index < -0.39 is 5.97 Å². The number of hydrogen-bond donors (Lipinski definition) is 1. The van der Waals surface area contributed by atoms with Gasteiger partial charge >= 0.3 is 5.97 Å². The molecule has 0 saturated heterocycles. The molecule has 0 radical (unpaired) electrons. The maximum Gasteiger partial charge on any atom is 0.323 e. The van der Waals surface area contributed by atoms with Gasteiger partial charge in [-0.05, 0) is 23.1 Å². The summed E-state index contributed by atoms with van der Waals surface area (Å²) >= 11 is 1.84. The lowest BCUT2D eigenvalue weighted by molar-refractivity contribution is -0.135. The van der Waals surface area contributed by atoms with Gasteiger partial charge in [0.2, 0.25) is 0 Å². The molecule has 104 valence electrons. The van der Waals surface area contributed by atoms with Crippen LogP contribution in [-0.2, 0) is 10.2 Å². The molecule has 1 aliphatic heterocycles. The molecule has 1 atom stereocenters. The Morgan fingerprint density at radius 2 is 2.16 bits per heavy atom. The van der Waals surface area contributed by atoms with Gasteiger partial charge in [-0.25, -0.2) is 0 Å². The Hall–Kier alpha value is -1.16. The van der Waals surface area contributed by atoms with Gasteiger partial charge in [0.05, 0.1) is 5.69 Å². The summed E-state index contributed by atoms with van der Waals surface area (Å²) in [5.41, 5.74) is 2.47. The highest BCUT2D eigenvalue weighted by atomic mass is 32.2. The van der Waals surface area contributed by atoms with Crippen molar-refractivity contribution in [3.8, 4) is 0 Å². The fourth-order valence-corrected chi connectivity index (χ4v) is 3.51. The maximum absolute atomic E-state index is 11.0. The average Bonchev–Trinajstić information content (AvgIpc) is 2.25. The van der Waals surface area contributed by atoms with Gasteiger partial charge in [-0.3, -0.25) is 4.79 Å². The molecule has 1 heterocycles. The number of rotatable bonds is 2. The average molecular weight is 279 g/mol. The first-order chi connectivity index (χ1) is 8.77. The second-order valence-corrected chi connectivity index (χ2v) is 7.62. The molecule has 0 aliphatic carbocycles. The third-order valence-corrected chi connectivity index (χ3v) is 4.43. The Bertz CT molecular complexity index is 493. The fourth-order valence-electron chi connectivity index (χ4n) is 2.31. The SMILES string of the molecule is CC1CN(CC(=O)O)c2ccc(C(C)(C)C)cc2S1. The highest BCUT2D eigenvalue weighted by Crippen LogP contribution is 2.40. The molecule has 0 spiro atoms. The lowest BCUT2D eigenvalue weighted by Gasteiger charge is -2.34. The van der Waals surface area contributed by atoms with Crippen LogP contribution >= 0.6 is 11.8 Å². The first-order valence-corrected chi connectivity index (χ1v) is 7.43. The van der Waals surface area contributed by atoms with Crippen LogP contribution in [0, 0.1) is 0 Å². The number of thioether (sulfide) groups is 1. The van der Waals surface area contributed by atoms with Crippen molar-refractivity contribution in [3.63, 3.8) is 0 Å². The van der Waals surface area contributed by atoms with Gasteiger partial charge in [0.25, 0.3) is 0 Å². The van der Waals surface area contributed by atoms with Crippen LogP contribution in [0.25, 0.3) is 0 Å². The molecule has 1 aliphatic rings. The van der Waals surface area contributed by atoms with E-state index in [4.69, 9.17) is 5.11 Å². The first kappa shape index (κ1) is 14.3. The molecular formula is C15H21NO2S. The van der Waals surface area contributed by atoms with Crippen molar-refractivity contribution in [2.75, 3.05) is 18.0 Å². The Morgan fingerprint density at radius 3 is 2.74 bits per heavy atom. The standard InChI is InChI=1S/C15H21NO2S/c1-10-8-16(9-14(17)18)12-6-5-11(15(2,3)4)7-13(12)19-10/h5-7,10H,8-9H2,1-4H3,(H,17,18). The van der Waals surface area contributed by atoms with Gasteiger partial charge in [0, 0.05) is 16.7 Å². The zero-order valence-electron chi connectivity index (χ0n) is 11.9. The number of carboxylic acids is 1. The summed E-state index contributed by atoms with van der Waals surface area (Å²) < 4.78 is 0. The van der Waals surface area contributed by atoms with E-state index in [2.05, 4.69) is 45.9 Å². The fraction of sp³-hybridized carbons (Fsp3) is 0.533. The Balaban J connectivity index is 2.38. The molecule has 19 heavy (non-hydrogen) atoms. The summed E-state index contributed by atoms with van der Waals surface area (Å²) in [7, 11) is 0. The van der Waals surface area contributed by atoms with Crippen molar-refractivity contribution in [1.82, 2.24) is 0 Å². The molecule has 0 bridgehead atoms. The van der Waals surface area contributed by atoms with Gasteiger partial charge in [-0.15, -0.1) is 11.8 Å². The van der Waals surface area contributed by atoms with Gasteiger partial charge in [0.1, 0.15) is 6.54 Å². The van der Waals surface area contributed by atoms with E-state index in [1.807, 2.05) is 16.7 Å². The normalized spacial score (nSPS) is 19.2. The van der Waals surface area contributed by atoms with Crippen molar-refractivity contribution >= 4 is 23.4 Å². The van der Waals surface area contributed by atoms with E-state index in [9.17, 15) is 4.79 Å². The van der Waals surface area contributed by atoms with Gasteiger partial charge in [0.15, 0.2) is 0 Å². The maximum atomic E-state index is 11.0. The molecule has 0 saturated carbocycles. The second kappa shape index (κ2) is 5.08. The Morgan fingerprint density at radius 1 is 1.47 bits per heavy atom. The largest absolute Gasteiger partial charge is 0.480 e. The molecule has 0 fully saturated rings. The third kappa shape index (κ3) is 3.24. The van der Waals surface area contributed by atoms with E-state index in [1.165, 1.54) is 10.5 Å². The number of benzene rings is 1. The highest BCUT2D eigenvalue weighted by Gasteiger charge is 2.25. The first-order valence-electron chi connectivity index (χ1n) is 6.55. The molecule has 1 N–H and O–H groups in total. The van der Waals surface area contributed by atoms with Gasteiger partial charge in [-0.1, -0.05) is 33.8 Å². The number of carboxylic acid groups (broad SMARTS) is 1. The summed E-state index contributed by atoms with van der Waals surface area (Å²) in [4.78, 5) is 14.1. The smallest absolute Gasteiger partial charge is 0.323 e. The lowest BCUT2D eigenvalue weighted by Crippen LogP contribution is -2.37. The molecule has 0 amide bonds. The Labute approximate surface area is 119 Å². The van der Waals surface area contributed by atoms with Crippen LogP contribution in [0.3, 0.4) is 0 Å². The lowest BCUT2D eigenvalue weighted by atomic mass is 9.87. The Kier molecular flexibility index (Phi) is 3.81. The van der Waals surface area contributed by atoms with Crippen molar-refractivity contribution in [1.29, 1.82) is 0 Å². The minimum Gasteiger partial charge on any atom is -0.480 e. The number of anilines is 1. The van der Waals surface area contributed by atoms with Gasteiger partial charge < -0.3 is 10.0 Å². The van der Waals surface area contributed by atoms with Crippen LogP contribution in [0.15, 0.2) is 23.1 Å². The molecule has 0 aromatic heterocycles. The monoisotopic (exact) mass is 279 g/mol. The topological polar surface area (TPSA) is 40.5 Å². The number of fused-ring (bicyclic) bond motifs is 1. The summed E-state index contributed by atoms with van der Waals surface area (Å²) in [5.74, 6) is -0.773. The van der Waals surface area contributed by atoms with Crippen LogP contribution < -0.4 is 4.90 Å². The number of nitrogens with zero attached hydrogens (tertiary/aromatic N) is 1. The zero-order chi connectivity index (χ0) is 14.2. The molecular weight excluding hydrogens is 258 g/mol. The van der Waals surface area contributed by atoms with E-state index in [0.717, 1.165) is 12.2 Å². The van der Waals surface area contributed by atoms with Crippen LogP contribution in [0.1, 0.15) is 33.3 Å². The predicted octanol–water partition coefficient (Wildman–Crippen LogP) is 3.37. The van der Waals surface area contributed by atoms with Gasteiger partial charge in [-0.2, -0.15) is 0 Å². The second-order valence-electron chi connectivity index (χ2n) is 6.14. The van der Waals surface area contributed by atoms with Crippen molar-refractivity contribution in [3.05, 3.63) is 23.8 Å². The van der Waals surface area contributed by atoms with Crippen LogP contribution in [0.5, 0.6) is 0 Å². The molecule has 1 aromatic carbocycles. The molecule has 2 rings (SSSR count). The van der Waals surface area contributed by atoms with E-state index in [0.29, 0.717) is 5.25 Å². The van der Waals surface area contributed by atoms with Crippen LogP contribution in [0.4, 0.5) is 5.69 Å². The number of hydrogen-bond acceptors (Lipinski definition) is 3. The van der Waals surface area contributed by atoms with Crippen molar-refractivity contribution in [2.24, 2.45) is 0 Å². The summed E-state index contributed by atoms with van der Waals surface area (Å²) in [5, 5.41) is 9.43. The number of carbonyl (C=O) groups is 1. The molecule has 3 nitrogen and oxygen atoms in total. The number of aliphatic carboxylic acids is 1. The minimum absolute atomic E-state index is 0.0762.